The van der Waals surface area contributed by atoms with Crippen LogP contribution in [0.1, 0.15) is 19.8 Å². The van der Waals surface area contributed by atoms with Gasteiger partial charge in [-0.25, -0.2) is 12.8 Å². The van der Waals surface area contributed by atoms with Gasteiger partial charge >= 0.3 is 0 Å². The third-order valence-corrected chi connectivity index (χ3v) is 4.93. The number of carbonyl (C=O) groups is 1. The molecule has 2 atom stereocenters. The Morgan fingerprint density at radius 3 is 2.68 bits per heavy atom. The molecule has 1 aromatic carbocycles. The first kappa shape index (κ1) is 16.9. The zero-order chi connectivity index (χ0) is 16.2. The molecule has 0 bridgehead atoms. The Labute approximate surface area is 129 Å². The number of sulfonamides is 1. The van der Waals surface area contributed by atoms with Crippen molar-refractivity contribution in [1.29, 1.82) is 0 Å². The molecule has 1 aliphatic rings. The van der Waals surface area contributed by atoms with Gasteiger partial charge in [-0.2, -0.15) is 4.72 Å². The monoisotopic (exact) mass is 330 g/mol. The molecular formula is C14H19FN2O4S. The number of carbonyl (C=O) groups excluding carboxylic acids is 1. The number of rotatable bonds is 6. The first-order valence-corrected chi connectivity index (χ1v) is 8.54. The molecule has 0 saturated carbocycles. The van der Waals surface area contributed by atoms with Crippen LogP contribution in [0.15, 0.2) is 29.2 Å². The number of benzene rings is 1. The van der Waals surface area contributed by atoms with E-state index in [4.69, 9.17) is 4.74 Å². The summed E-state index contributed by atoms with van der Waals surface area (Å²) in [4.78, 5) is 11.8. The first-order chi connectivity index (χ1) is 10.4. The molecule has 2 N–H and O–H groups in total. The Morgan fingerprint density at radius 2 is 2.09 bits per heavy atom. The second-order valence-electron chi connectivity index (χ2n) is 5.18. The van der Waals surface area contributed by atoms with E-state index in [0.29, 0.717) is 13.2 Å². The fourth-order valence-corrected chi connectivity index (χ4v) is 3.34. The third-order valence-electron chi connectivity index (χ3n) is 3.38. The molecule has 0 spiro atoms. The Balaban J connectivity index is 1.90. The van der Waals surface area contributed by atoms with Crippen molar-refractivity contribution in [2.45, 2.75) is 36.8 Å². The van der Waals surface area contributed by atoms with Crippen LogP contribution in [-0.2, 0) is 19.6 Å². The Kier molecular flexibility index (Phi) is 5.49. The van der Waals surface area contributed by atoms with Gasteiger partial charge in [0.1, 0.15) is 5.82 Å². The highest BCUT2D eigenvalue weighted by molar-refractivity contribution is 7.89. The molecule has 6 nitrogen and oxygen atoms in total. The molecule has 1 amide bonds. The summed E-state index contributed by atoms with van der Waals surface area (Å²) >= 11 is 0. The lowest BCUT2D eigenvalue weighted by Gasteiger charge is -2.16. The number of hydrogen-bond donors (Lipinski definition) is 2. The molecule has 22 heavy (non-hydrogen) atoms. The second-order valence-corrected chi connectivity index (χ2v) is 6.89. The molecule has 1 aliphatic heterocycles. The van der Waals surface area contributed by atoms with E-state index >= 15 is 0 Å². The summed E-state index contributed by atoms with van der Waals surface area (Å²) in [5.41, 5.74) is 0. The molecule has 1 aromatic rings. The summed E-state index contributed by atoms with van der Waals surface area (Å²) in [6.45, 7) is 2.50. The van der Waals surface area contributed by atoms with E-state index in [-0.39, 0.29) is 11.0 Å². The first-order valence-electron chi connectivity index (χ1n) is 7.06. The van der Waals surface area contributed by atoms with Gasteiger partial charge in [0.05, 0.1) is 17.0 Å². The van der Waals surface area contributed by atoms with Crippen molar-refractivity contribution in [3.05, 3.63) is 30.1 Å². The predicted molar refractivity (Wildman–Crippen MR) is 78.2 cm³/mol. The van der Waals surface area contributed by atoms with Gasteiger partial charge in [-0.3, -0.25) is 4.79 Å². The van der Waals surface area contributed by atoms with Crippen LogP contribution < -0.4 is 10.0 Å². The highest BCUT2D eigenvalue weighted by atomic mass is 32.2. The molecule has 1 saturated heterocycles. The number of amides is 1. The van der Waals surface area contributed by atoms with Gasteiger partial charge in [-0.05, 0) is 44.0 Å². The maximum absolute atomic E-state index is 12.8. The minimum atomic E-state index is -3.87. The smallest absolute Gasteiger partial charge is 0.241 e. The van der Waals surface area contributed by atoms with Crippen molar-refractivity contribution >= 4 is 15.9 Å². The Bertz CT molecular complexity index is 612. The van der Waals surface area contributed by atoms with Crippen molar-refractivity contribution in [3.8, 4) is 0 Å². The van der Waals surface area contributed by atoms with E-state index in [1.165, 1.54) is 6.92 Å². The number of nitrogens with one attached hydrogen (secondary N) is 2. The van der Waals surface area contributed by atoms with Gasteiger partial charge in [-0.1, -0.05) is 0 Å². The molecule has 1 heterocycles. The highest BCUT2D eigenvalue weighted by Crippen LogP contribution is 2.11. The summed E-state index contributed by atoms with van der Waals surface area (Å²) < 4.78 is 44.6. The molecule has 0 aromatic heterocycles. The average molecular weight is 330 g/mol. The van der Waals surface area contributed by atoms with E-state index in [1.54, 1.807) is 0 Å². The molecule has 0 aliphatic carbocycles. The van der Waals surface area contributed by atoms with Crippen molar-refractivity contribution in [1.82, 2.24) is 10.0 Å². The Hall–Kier alpha value is -1.51. The molecule has 1 fully saturated rings. The predicted octanol–water partition coefficient (Wildman–Crippen LogP) is 0.788. The van der Waals surface area contributed by atoms with Crippen LogP contribution in [0.3, 0.4) is 0 Å². The molecule has 8 heteroatoms. The number of halogens is 1. The van der Waals surface area contributed by atoms with Crippen LogP contribution in [0, 0.1) is 5.82 Å². The molecule has 2 unspecified atom stereocenters. The van der Waals surface area contributed by atoms with Gasteiger partial charge in [0.15, 0.2) is 0 Å². The largest absolute Gasteiger partial charge is 0.376 e. The maximum atomic E-state index is 12.8. The number of ether oxygens (including phenoxy) is 1. The topological polar surface area (TPSA) is 84.5 Å². The van der Waals surface area contributed by atoms with Gasteiger partial charge in [0, 0.05) is 13.2 Å². The number of hydrogen-bond acceptors (Lipinski definition) is 4. The van der Waals surface area contributed by atoms with Crippen LogP contribution in [0.25, 0.3) is 0 Å². The molecule has 122 valence electrons. The van der Waals surface area contributed by atoms with Crippen LogP contribution in [0.5, 0.6) is 0 Å². The lowest BCUT2D eigenvalue weighted by Crippen LogP contribution is -2.46. The fourth-order valence-electron chi connectivity index (χ4n) is 2.14. The van der Waals surface area contributed by atoms with Crippen LogP contribution in [0.4, 0.5) is 4.39 Å². The van der Waals surface area contributed by atoms with E-state index in [0.717, 1.165) is 37.1 Å². The van der Waals surface area contributed by atoms with Gasteiger partial charge < -0.3 is 10.1 Å². The third kappa shape index (κ3) is 4.49. The molecular weight excluding hydrogens is 311 g/mol. The van der Waals surface area contributed by atoms with Crippen LogP contribution in [-0.4, -0.2) is 39.6 Å². The Morgan fingerprint density at radius 1 is 1.41 bits per heavy atom. The minimum absolute atomic E-state index is 0.00939. The maximum Gasteiger partial charge on any atom is 0.241 e. The summed E-state index contributed by atoms with van der Waals surface area (Å²) in [5.74, 6) is -0.956. The molecule has 2 rings (SSSR count). The second kappa shape index (κ2) is 7.17. The normalized spacial score (nSPS) is 19.8. The quantitative estimate of drug-likeness (QED) is 0.807. The van der Waals surface area contributed by atoms with Gasteiger partial charge in [-0.15, -0.1) is 0 Å². The van der Waals surface area contributed by atoms with E-state index in [2.05, 4.69) is 10.0 Å². The summed E-state index contributed by atoms with van der Waals surface area (Å²) in [6.07, 6.45) is 1.84. The minimum Gasteiger partial charge on any atom is -0.376 e. The lowest BCUT2D eigenvalue weighted by molar-refractivity contribution is -0.122. The highest BCUT2D eigenvalue weighted by Gasteiger charge is 2.23. The van der Waals surface area contributed by atoms with E-state index < -0.39 is 27.8 Å². The van der Waals surface area contributed by atoms with Crippen molar-refractivity contribution in [2.75, 3.05) is 13.2 Å². The van der Waals surface area contributed by atoms with E-state index in [1.807, 2.05) is 0 Å². The van der Waals surface area contributed by atoms with Crippen LogP contribution in [0.2, 0.25) is 0 Å². The SMILES string of the molecule is CC(NS(=O)(=O)c1ccc(F)cc1)C(=O)NCC1CCCO1. The summed E-state index contributed by atoms with van der Waals surface area (Å²) in [5, 5.41) is 2.66. The summed E-state index contributed by atoms with van der Waals surface area (Å²) in [6, 6.07) is 3.47. The average Bonchev–Trinajstić information content (AvgIpc) is 2.98. The van der Waals surface area contributed by atoms with Crippen molar-refractivity contribution < 1.29 is 22.3 Å². The lowest BCUT2D eigenvalue weighted by atomic mass is 10.2. The fraction of sp³-hybridized carbons (Fsp3) is 0.500. The van der Waals surface area contributed by atoms with Crippen molar-refractivity contribution in [3.63, 3.8) is 0 Å². The van der Waals surface area contributed by atoms with E-state index in [9.17, 15) is 17.6 Å². The zero-order valence-corrected chi connectivity index (χ0v) is 13.0. The van der Waals surface area contributed by atoms with Gasteiger partial charge in [0.2, 0.25) is 15.9 Å². The standard InChI is InChI=1S/C14H19FN2O4S/c1-10(14(18)16-9-12-3-2-8-21-12)17-22(19,20)13-6-4-11(15)5-7-13/h4-7,10,12,17H,2-3,8-9H2,1H3,(H,16,18). The summed E-state index contributed by atoms with van der Waals surface area (Å²) in [7, 11) is -3.87. The van der Waals surface area contributed by atoms with Gasteiger partial charge in [0.25, 0.3) is 0 Å². The zero-order valence-electron chi connectivity index (χ0n) is 12.2. The van der Waals surface area contributed by atoms with Crippen molar-refractivity contribution in [2.24, 2.45) is 0 Å². The van der Waals surface area contributed by atoms with Crippen LogP contribution >= 0.6 is 0 Å². The molecule has 0 radical (unpaired) electrons.